The molecule has 3 aliphatic carbocycles. The molecule has 0 saturated carbocycles. The molecule has 0 atom stereocenters. The Morgan fingerprint density at radius 1 is 0.489 bits per heavy atom. The van der Waals surface area contributed by atoms with Crippen LogP contribution in [0.25, 0.3) is 39.5 Å². The van der Waals surface area contributed by atoms with Crippen molar-refractivity contribution in [3.8, 4) is 33.4 Å². The maximum atomic E-state index is 2.54. The smallest absolute Gasteiger partial charge is 0.0719 e. The van der Waals surface area contributed by atoms with E-state index in [1.165, 1.54) is 83.5 Å². The SMILES string of the molecule is Cc1cccc(-c2cc3c(cc2-c2ccc4c(c2)C2(c5ccccc5-4)c4ccccc4C(C)(C)c4ccccc42)C=CCC3)c1. The Morgan fingerprint density at radius 2 is 1.11 bits per heavy atom. The third-order valence-corrected chi connectivity index (χ3v) is 10.9. The van der Waals surface area contributed by atoms with Crippen LogP contribution in [-0.4, -0.2) is 0 Å². The predicted molar refractivity (Wildman–Crippen MR) is 189 cm³/mol. The third kappa shape index (κ3) is 3.60. The minimum absolute atomic E-state index is 0.100. The van der Waals surface area contributed by atoms with Crippen LogP contribution in [0.5, 0.6) is 0 Å². The van der Waals surface area contributed by atoms with Crippen molar-refractivity contribution >= 4 is 6.08 Å². The molecule has 0 heterocycles. The van der Waals surface area contributed by atoms with Crippen molar-refractivity contribution in [1.29, 1.82) is 0 Å². The number of fused-ring (bicyclic) bond motifs is 10. The number of hydrogen-bond acceptors (Lipinski definition) is 0. The first kappa shape index (κ1) is 26.5. The molecule has 1 spiro atoms. The van der Waals surface area contributed by atoms with Crippen LogP contribution in [0.2, 0.25) is 0 Å². The van der Waals surface area contributed by atoms with Gasteiger partial charge in [-0.05, 0) is 116 Å². The lowest BCUT2D eigenvalue weighted by Crippen LogP contribution is -2.40. The van der Waals surface area contributed by atoms with Gasteiger partial charge in [0.1, 0.15) is 0 Å². The summed E-state index contributed by atoms with van der Waals surface area (Å²) in [6.45, 7) is 6.98. The molecule has 6 aromatic rings. The molecule has 0 amide bonds. The fraction of sp³-hybridized carbons (Fsp3) is 0.156. The van der Waals surface area contributed by atoms with Gasteiger partial charge >= 0.3 is 0 Å². The molecule has 0 nitrogen and oxygen atoms in total. The van der Waals surface area contributed by atoms with Crippen molar-refractivity contribution in [1.82, 2.24) is 0 Å². The van der Waals surface area contributed by atoms with Gasteiger partial charge in [0.25, 0.3) is 0 Å². The van der Waals surface area contributed by atoms with Gasteiger partial charge < -0.3 is 0 Å². The van der Waals surface area contributed by atoms with E-state index >= 15 is 0 Å². The van der Waals surface area contributed by atoms with Crippen molar-refractivity contribution in [2.45, 2.75) is 44.4 Å². The molecule has 0 aromatic heterocycles. The van der Waals surface area contributed by atoms with E-state index in [0.717, 1.165) is 12.8 Å². The van der Waals surface area contributed by atoms with Crippen molar-refractivity contribution < 1.29 is 0 Å². The number of hydrogen-bond donors (Lipinski definition) is 0. The maximum absolute atomic E-state index is 2.54. The standard InChI is InChI=1S/C45H36/c1-29-13-12-16-32(25-29)36-26-30-14-4-5-15-31(30)27-37(36)33-23-24-35-34-17-6-7-18-38(34)45(43(35)28-33)41-21-10-8-19-39(41)44(2,3)40-20-9-11-22-42(40)45/h5-13,15-28H,4,14H2,1-3H3. The summed E-state index contributed by atoms with van der Waals surface area (Å²) in [4.78, 5) is 0. The van der Waals surface area contributed by atoms with Crippen molar-refractivity contribution in [2.24, 2.45) is 0 Å². The summed E-state index contributed by atoms with van der Waals surface area (Å²) in [5.41, 5.74) is 19.9. The lowest BCUT2D eigenvalue weighted by Gasteiger charge is -2.46. The monoisotopic (exact) mass is 576 g/mol. The van der Waals surface area contributed by atoms with Crippen LogP contribution >= 0.6 is 0 Å². The summed E-state index contributed by atoms with van der Waals surface area (Å²) in [5.74, 6) is 0. The highest BCUT2D eigenvalue weighted by Gasteiger charge is 2.53. The summed E-state index contributed by atoms with van der Waals surface area (Å²) in [7, 11) is 0. The van der Waals surface area contributed by atoms with Gasteiger partial charge in [0, 0.05) is 5.41 Å². The normalized spacial score (nSPS) is 16.0. The second kappa shape index (κ2) is 9.53. The van der Waals surface area contributed by atoms with Crippen molar-refractivity contribution in [3.05, 3.63) is 184 Å². The Hall–Kier alpha value is -4.94. The molecule has 0 radical (unpaired) electrons. The molecule has 3 aliphatic rings. The Balaban J connectivity index is 1.38. The van der Waals surface area contributed by atoms with Crippen molar-refractivity contribution in [3.63, 3.8) is 0 Å². The zero-order valence-electron chi connectivity index (χ0n) is 26.2. The summed E-state index contributed by atoms with van der Waals surface area (Å²) in [6, 6.07) is 48.8. The molecule has 0 unspecified atom stereocenters. The molecule has 216 valence electrons. The summed E-state index contributed by atoms with van der Waals surface area (Å²) >= 11 is 0. The Bertz CT molecular complexity index is 2160. The lowest BCUT2D eigenvalue weighted by atomic mass is 9.55. The summed E-state index contributed by atoms with van der Waals surface area (Å²) < 4.78 is 0. The number of benzene rings is 6. The van der Waals surface area contributed by atoms with Gasteiger partial charge in [0.2, 0.25) is 0 Å². The predicted octanol–water partition coefficient (Wildman–Crippen LogP) is 11.3. The van der Waals surface area contributed by atoms with Gasteiger partial charge in [0.15, 0.2) is 0 Å². The number of rotatable bonds is 2. The fourth-order valence-electron chi connectivity index (χ4n) is 8.80. The van der Waals surface area contributed by atoms with E-state index in [1.54, 1.807) is 0 Å². The number of allylic oxidation sites excluding steroid dienone is 1. The van der Waals surface area contributed by atoms with Crippen LogP contribution in [0.15, 0.2) is 133 Å². The third-order valence-electron chi connectivity index (χ3n) is 10.9. The van der Waals surface area contributed by atoms with Gasteiger partial charge in [0.05, 0.1) is 5.41 Å². The van der Waals surface area contributed by atoms with Crippen LogP contribution in [-0.2, 0) is 17.3 Å². The molecule has 0 saturated heterocycles. The first-order valence-electron chi connectivity index (χ1n) is 16.3. The zero-order chi connectivity index (χ0) is 30.3. The highest BCUT2D eigenvalue weighted by Crippen LogP contribution is 2.62. The second-order valence-electron chi connectivity index (χ2n) is 13.7. The molecular weight excluding hydrogens is 540 g/mol. The van der Waals surface area contributed by atoms with E-state index in [-0.39, 0.29) is 10.8 Å². The largest absolute Gasteiger partial charge is 0.0836 e. The molecule has 0 N–H and O–H groups in total. The Morgan fingerprint density at radius 3 is 1.84 bits per heavy atom. The van der Waals surface area contributed by atoms with Gasteiger partial charge in [-0.3, -0.25) is 0 Å². The summed E-state index contributed by atoms with van der Waals surface area (Å²) in [6.07, 6.45) is 6.85. The average molecular weight is 577 g/mol. The van der Waals surface area contributed by atoms with Crippen molar-refractivity contribution in [2.75, 3.05) is 0 Å². The van der Waals surface area contributed by atoms with E-state index in [2.05, 4.69) is 160 Å². The first-order chi connectivity index (χ1) is 22.0. The molecule has 0 aliphatic heterocycles. The first-order valence-corrected chi connectivity index (χ1v) is 16.3. The Kier molecular flexibility index (Phi) is 5.60. The van der Waals surface area contributed by atoms with Gasteiger partial charge in [-0.15, -0.1) is 0 Å². The van der Waals surface area contributed by atoms with E-state index in [4.69, 9.17) is 0 Å². The van der Waals surface area contributed by atoms with E-state index in [1.807, 2.05) is 0 Å². The van der Waals surface area contributed by atoms with Crippen LogP contribution in [0.4, 0.5) is 0 Å². The van der Waals surface area contributed by atoms with Gasteiger partial charge in [-0.1, -0.05) is 141 Å². The number of aryl methyl sites for hydroxylation is 2. The molecule has 0 fully saturated rings. The molecule has 0 bridgehead atoms. The van der Waals surface area contributed by atoms with Gasteiger partial charge in [-0.2, -0.15) is 0 Å². The molecule has 0 heteroatoms. The van der Waals surface area contributed by atoms with Crippen LogP contribution in [0, 0.1) is 6.92 Å². The molecule has 6 aromatic carbocycles. The molecule has 45 heavy (non-hydrogen) atoms. The summed E-state index contributed by atoms with van der Waals surface area (Å²) in [5, 5.41) is 0. The average Bonchev–Trinajstić information content (AvgIpc) is 3.37. The Labute approximate surface area is 266 Å². The van der Waals surface area contributed by atoms with Crippen LogP contribution in [0.3, 0.4) is 0 Å². The molecular formula is C45H36. The second-order valence-corrected chi connectivity index (χ2v) is 13.7. The minimum Gasteiger partial charge on any atom is -0.0836 e. The maximum Gasteiger partial charge on any atom is 0.0719 e. The topological polar surface area (TPSA) is 0 Å². The van der Waals surface area contributed by atoms with E-state index in [9.17, 15) is 0 Å². The lowest BCUT2D eigenvalue weighted by molar-refractivity contribution is 0.563. The minimum atomic E-state index is -0.387. The zero-order valence-corrected chi connectivity index (χ0v) is 26.2. The van der Waals surface area contributed by atoms with Gasteiger partial charge in [-0.25, -0.2) is 0 Å². The highest BCUT2D eigenvalue weighted by atomic mass is 14.5. The highest BCUT2D eigenvalue weighted by molar-refractivity contribution is 5.93. The van der Waals surface area contributed by atoms with Crippen LogP contribution in [0.1, 0.15) is 70.3 Å². The molecule has 9 rings (SSSR count). The van der Waals surface area contributed by atoms with Crippen LogP contribution < -0.4 is 0 Å². The quantitative estimate of drug-likeness (QED) is 0.192. The fourth-order valence-corrected chi connectivity index (χ4v) is 8.80. The van der Waals surface area contributed by atoms with E-state index < -0.39 is 0 Å². The van der Waals surface area contributed by atoms with E-state index in [0.29, 0.717) is 0 Å².